The van der Waals surface area contributed by atoms with Crippen LogP contribution in [0.25, 0.3) is 0 Å². The second kappa shape index (κ2) is 31.2. The summed E-state index contributed by atoms with van der Waals surface area (Å²) in [7, 11) is 1.17. The smallest absolute Gasteiger partial charge is 0.387 e. The molecule has 0 aromatic heterocycles. The molecular formula is C38H78N2O6P+. The van der Waals surface area contributed by atoms with Crippen LogP contribution in [0.15, 0.2) is 12.2 Å². The van der Waals surface area contributed by atoms with E-state index in [1.807, 2.05) is 27.2 Å². The maximum Gasteiger partial charge on any atom is 0.476 e. The van der Waals surface area contributed by atoms with Gasteiger partial charge in [0, 0.05) is 6.42 Å². The number of rotatable bonds is 35. The van der Waals surface area contributed by atoms with Crippen molar-refractivity contribution in [3.8, 4) is 0 Å². The first-order chi connectivity index (χ1) is 22.5. The van der Waals surface area contributed by atoms with E-state index in [0.29, 0.717) is 10.9 Å². The number of carbonyl (C=O) groups excluding carboxylic acids is 1. The summed E-state index contributed by atoms with van der Waals surface area (Å²) in [5.74, 6) is -0.181. The van der Waals surface area contributed by atoms with Gasteiger partial charge in [-0.05, 0) is 19.3 Å². The van der Waals surface area contributed by atoms with E-state index in [9.17, 15) is 19.4 Å². The molecule has 0 spiro atoms. The number of nitrogens with one attached hydrogen (secondary N) is 1. The Labute approximate surface area is 291 Å². The van der Waals surface area contributed by atoms with E-state index in [-0.39, 0.29) is 19.2 Å². The number of allylic oxidation sites excluding steroid dienone is 1. The molecule has 0 aliphatic carbocycles. The normalized spacial score (nSPS) is 14.8. The van der Waals surface area contributed by atoms with E-state index in [0.717, 1.165) is 38.5 Å². The molecule has 1 amide bonds. The van der Waals surface area contributed by atoms with Gasteiger partial charge < -0.3 is 19.8 Å². The number of quaternary nitrogens is 1. The topological polar surface area (TPSA) is 105 Å². The molecule has 8 nitrogen and oxygen atoms in total. The SMILES string of the molecule is CCCCCCCCCCCCC/C=C/[C@@H](O)[C@H](COP(=O)(O)OC[N+](C)(C)C)NC(=O)CCCCCCCCCCCCCCC. The van der Waals surface area contributed by atoms with Gasteiger partial charge in [0.15, 0.2) is 6.73 Å². The summed E-state index contributed by atoms with van der Waals surface area (Å²) in [6, 6.07) is -0.841. The van der Waals surface area contributed by atoms with E-state index in [1.54, 1.807) is 6.08 Å². The first-order valence-electron chi connectivity index (χ1n) is 19.6. The maximum absolute atomic E-state index is 12.8. The minimum Gasteiger partial charge on any atom is -0.387 e. The number of aliphatic hydroxyl groups excluding tert-OH is 1. The van der Waals surface area contributed by atoms with Crippen LogP contribution in [0, 0.1) is 0 Å². The zero-order chi connectivity index (χ0) is 35.1. The van der Waals surface area contributed by atoms with Crippen molar-refractivity contribution in [2.75, 3.05) is 34.5 Å². The van der Waals surface area contributed by atoms with Crippen molar-refractivity contribution in [2.24, 2.45) is 0 Å². The fraction of sp³-hybridized carbons (Fsp3) is 0.921. The molecule has 0 bridgehead atoms. The molecule has 0 aromatic rings. The van der Waals surface area contributed by atoms with Gasteiger partial charge in [-0.25, -0.2) is 9.09 Å². The van der Waals surface area contributed by atoms with Gasteiger partial charge in [0.1, 0.15) is 0 Å². The zero-order valence-electron chi connectivity index (χ0n) is 31.5. The minimum absolute atomic E-state index is 0.00866. The number of amides is 1. The molecule has 0 saturated carbocycles. The van der Waals surface area contributed by atoms with Gasteiger partial charge in [0.2, 0.25) is 5.91 Å². The number of hydrogen-bond acceptors (Lipinski definition) is 5. The maximum atomic E-state index is 12.8. The molecule has 9 heteroatoms. The lowest BCUT2D eigenvalue weighted by Gasteiger charge is -2.26. The first kappa shape index (κ1) is 46.2. The van der Waals surface area contributed by atoms with E-state index >= 15 is 0 Å². The van der Waals surface area contributed by atoms with Gasteiger partial charge in [0.05, 0.1) is 39.9 Å². The van der Waals surface area contributed by atoms with E-state index in [4.69, 9.17) is 9.05 Å². The molecular weight excluding hydrogens is 611 g/mol. The average molecular weight is 690 g/mol. The van der Waals surface area contributed by atoms with E-state index < -0.39 is 20.0 Å². The van der Waals surface area contributed by atoms with Gasteiger partial charge >= 0.3 is 7.82 Å². The second-order valence-corrected chi connectivity index (χ2v) is 16.2. The first-order valence-corrected chi connectivity index (χ1v) is 21.1. The van der Waals surface area contributed by atoms with Crippen LogP contribution >= 0.6 is 7.82 Å². The zero-order valence-corrected chi connectivity index (χ0v) is 32.4. The molecule has 47 heavy (non-hydrogen) atoms. The van der Waals surface area contributed by atoms with Crippen LogP contribution in [-0.2, 0) is 18.4 Å². The van der Waals surface area contributed by atoms with E-state index in [2.05, 4.69) is 19.2 Å². The summed E-state index contributed by atoms with van der Waals surface area (Å²) < 4.78 is 23.1. The van der Waals surface area contributed by atoms with Crippen molar-refractivity contribution in [1.82, 2.24) is 5.32 Å². The summed E-state index contributed by atoms with van der Waals surface area (Å²) in [4.78, 5) is 22.9. The van der Waals surface area contributed by atoms with Crippen LogP contribution in [0.1, 0.15) is 181 Å². The Hall–Kier alpha value is -0.760. The summed E-state index contributed by atoms with van der Waals surface area (Å²) in [6.07, 6.45) is 34.0. The average Bonchev–Trinajstić information content (AvgIpc) is 3.02. The second-order valence-electron chi connectivity index (χ2n) is 14.7. The molecule has 280 valence electrons. The van der Waals surface area contributed by atoms with Crippen molar-refractivity contribution in [2.45, 2.75) is 193 Å². The van der Waals surface area contributed by atoms with Gasteiger partial charge in [-0.3, -0.25) is 9.32 Å². The lowest BCUT2D eigenvalue weighted by atomic mass is 10.0. The predicted octanol–water partition coefficient (Wildman–Crippen LogP) is 10.4. The van der Waals surface area contributed by atoms with Crippen LogP contribution in [-0.4, -0.2) is 67.0 Å². The summed E-state index contributed by atoms with van der Waals surface area (Å²) in [5.41, 5.74) is 0. The number of aliphatic hydroxyl groups is 1. The highest BCUT2D eigenvalue weighted by Crippen LogP contribution is 2.43. The number of phosphoric ester groups is 1. The fourth-order valence-corrected chi connectivity index (χ4v) is 6.48. The summed E-state index contributed by atoms with van der Waals surface area (Å²) in [6.45, 7) is 4.18. The molecule has 0 rings (SSSR count). The van der Waals surface area contributed by atoms with Gasteiger partial charge in [-0.15, -0.1) is 0 Å². The highest BCUT2D eigenvalue weighted by Gasteiger charge is 2.29. The molecule has 0 heterocycles. The number of carbonyl (C=O) groups is 1. The van der Waals surface area contributed by atoms with Crippen molar-refractivity contribution < 1.29 is 32.9 Å². The van der Waals surface area contributed by atoms with Crippen LogP contribution in [0.2, 0.25) is 0 Å². The molecule has 0 aliphatic heterocycles. The van der Waals surface area contributed by atoms with Crippen molar-refractivity contribution in [3.63, 3.8) is 0 Å². The van der Waals surface area contributed by atoms with Crippen LogP contribution in [0.3, 0.4) is 0 Å². The Kier molecular flexibility index (Phi) is 30.7. The molecule has 0 fully saturated rings. The Morgan fingerprint density at radius 2 is 1.09 bits per heavy atom. The van der Waals surface area contributed by atoms with Gasteiger partial charge in [-0.1, -0.05) is 167 Å². The molecule has 0 aliphatic rings. The molecule has 1 unspecified atom stereocenters. The summed E-state index contributed by atoms with van der Waals surface area (Å²) in [5, 5.41) is 13.7. The quantitative estimate of drug-likeness (QED) is 0.0201. The van der Waals surface area contributed by atoms with Gasteiger partial charge in [-0.2, -0.15) is 0 Å². The van der Waals surface area contributed by atoms with Crippen LogP contribution < -0.4 is 5.32 Å². The third kappa shape index (κ3) is 33.5. The van der Waals surface area contributed by atoms with E-state index in [1.165, 1.54) is 122 Å². The number of hydrogen-bond donors (Lipinski definition) is 3. The lowest BCUT2D eigenvalue weighted by Crippen LogP contribution is -2.45. The van der Waals surface area contributed by atoms with Crippen LogP contribution in [0.5, 0.6) is 0 Å². The third-order valence-corrected chi connectivity index (χ3v) is 9.52. The Morgan fingerprint density at radius 3 is 1.51 bits per heavy atom. The van der Waals surface area contributed by atoms with Crippen molar-refractivity contribution in [1.29, 1.82) is 0 Å². The van der Waals surface area contributed by atoms with Crippen molar-refractivity contribution in [3.05, 3.63) is 12.2 Å². The lowest BCUT2D eigenvalue weighted by molar-refractivity contribution is -0.887. The largest absolute Gasteiger partial charge is 0.476 e. The van der Waals surface area contributed by atoms with Crippen molar-refractivity contribution >= 4 is 13.7 Å². The third-order valence-electron chi connectivity index (χ3n) is 8.60. The Balaban J connectivity index is 4.46. The molecule has 3 N–H and O–H groups in total. The number of unbranched alkanes of at least 4 members (excludes halogenated alkanes) is 23. The minimum atomic E-state index is -4.34. The van der Waals surface area contributed by atoms with Crippen LogP contribution in [0.4, 0.5) is 0 Å². The predicted molar refractivity (Wildman–Crippen MR) is 198 cm³/mol. The monoisotopic (exact) mass is 690 g/mol. The Bertz CT molecular complexity index is 789. The molecule has 0 saturated heterocycles. The van der Waals surface area contributed by atoms with Gasteiger partial charge in [0.25, 0.3) is 0 Å². The fourth-order valence-electron chi connectivity index (χ4n) is 5.56. The number of phosphoric acid groups is 1. The highest BCUT2D eigenvalue weighted by molar-refractivity contribution is 7.47. The standard InChI is InChI=1S/C38H77N2O6P/c1-6-8-10-12-14-16-18-20-22-24-26-28-30-32-37(41)36(34-45-47(43,44)46-35-40(3,4)5)39-38(42)33-31-29-27-25-23-21-19-17-15-13-11-9-7-2/h30,32,36-37,41H,6-29,31,33-35H2,1-5H3,(H-,39,42,43,44)/p+1/b32-30+/t36-,37+/m0/s1. The highest BCUT2D eigenvalue weighted by atomic mass is 31.2. The molecule has 0 radical (unpaired) electrons. The Morgan fingerprint density at radius 1 is 0.681 bits per heavy atom. The number of nitrogens with zero attached hydrogens (tertiary/aromatic N) is 1. The molecule has 3 atom stereocenters. The molecule has 0 aromatic carbocycles. The summed E-state index contributed by atoms with van der Waals surface area (Å²) >= 11 is 0.